The molecule has 102 valence electrons. The van der Waals surface area contributed by atoms with Crippen molar-refractivity contribution in [3.8, 4) is 0 Å². The second-order valence-corrected chi connectivity index (χ2v) is 3.11. The summed E-state index contributed by atoms with van der Waals surface area (Å²) in [7, 11) is 2.07. The Morgan fingerprint density at radius 2 is 1.44 bits per heavy atom. The number of allylic oxidation sites excluding steroid dienone is 3. The lowest BCUT2D eigenvalue weighted by atomic mass is 10.2. The molecule has 1 aromatic rings. The standard InChI is InChI=1S/C13H17N.2C2H6/c1-4-9-12(5-2)14(3)13-10-7-6-8-11-13;2*1-2/h4-11H,1-3H3;2*1-2H3/b9-4-,12-5+;;. The first kappa shape index (κ1) is 18.9. The van der Waals surface area contributed by atoms with Gasteiger partial charge < -0.3 is 4.90 Å². The summed E-state index contributed by atoms with van der Waals surface area (Å²) in [6.45, 7) is 12.1. The molecule has 1 aromatic carbocycles. The highest BCUT2D eigenvalue weighted by atomic mass is 15.1. The molecule has 1 rings (SSSR count). The number of anilines is 1. The van der Waals surface area contributed by atoms with Gasteiger partial charge in [0.25, 0.3) is 0 Å². The lowest BCUT2D eigenvalue weighted by molar-refractivity contribution is 1.13. The first-order valence-electron chi connectivity index (χ1n) is 6.87. The fraction of sp³-hybridized carbons (Fsp3) is 0.412. The summed E-state index contributed by atoms with van der Waals surface area (Å²) in [5.41, 5.74) is 2.41. The summed E-state index contributed by atoms with van der Waals surface area (Å²) in [6, 6.07) is 10.3. The molecule has 0 aliphatic heterocycles. The Balaban J connectivity index is 0. The number of likely N-dealkylation sites (N-methyl/N-ethyl adjacent to an activating group) is 1. The lowest BCUT2D eigenvalue weighted by Crippen LogP contribution is -2.14. The van der Waals surface area contributed by atoms with Crippen molar-refractivity contribution in [1.82, 2.24) is 0 Å². The van der Waals surface area contributed by atoms with Gasteiger partial charge in [-0.2, -0.15) is 0 Å². The third kappa shape index (κ3) is 6.95. The van der Waals surface area contributed by atoms with Crippen molar-refractivity contribution in [3.05, 3.63) is 54.3 Å². The highest BCUT2D eigenvalue weighted by molar-refractivity contribution is 5.53. The van der Waals surface area contributed by atoms with Crippen LogP contribution in [0.4, 0.5) is 5.69 Å². The average molecular weight is 247 g/mol. The van der Waals surface area contributed by atoms with E-state index in [4.69, 9.17) is 0 Å². The second kappa shape index (κ2) is 13.6. The van der Waals surface area contributed by atoms with Gasteiger partial charge in [0.2, 0.25) is 0 Å². The summed E-state index contributed by atoms with van der Waals surface area (Å²) >= 11 is 0. The van der Waals surface area contributed by atoms with Crippen molar-refractivity contribution < 1.29 is 0 Å². The summed E-state index contributed by atoms with van der Waals surface area (Å²) in [5.74, 6) is 0. The molecule has 0 bridgehead atoms. The fourth-order valence-electron chi connectivity index (χ4n) is 1.37. The average Bonchev–Trinajstić information content (AvgIpc) is 2.49. The van der Waals surface area contributed by atoms with Crippen LogP contribution in [0.15, 0.2) is 54.3 Å². The number of hydrogen-bond acceptors (Lipinski definition) is 1. The summed E-state index contributed by atoms with van der Waals surface area (Å²) in [6.07, 6.45) is 6.26. The van der Waals surface area contributed by atoms with Crippen LogP contribution in [0.5, 0.6) is 0 Å². The van der Waals surface area contributed by atoms with E-state index in [9.17, 15) is 0 Å². The molecule has 0 amide bonds. The Kier molecular flexibility index (Phi) is 14.2. The maximum absolute atomic E-state index is 2.17. The molecule has 0 heterocycles. The normalized spacial score (nSPS) is 10.1. The maximum atomic E-state index is 2.17. The van der Waals surface area contributed by atoms with E-state index in [2.05, 4.69) is 61.4 Å². The Labute approximate surface area is 114 Å². The molecule has 0 aliphatic carbocycles. The van der Waals surface area contributed by atoms with E-state index in [1.54, 1.807) is 0 Å². The Hall–Kier alpha value is -1.50. The van der Waals surface area contributed by atoms with Gasteiger partial charge in [-0.25, -0.2) is 0 Å². The predicted octanol–water partition coefficient (Wildman–Crippen LogP) is 5.66. The minimum Gasteiger partial charge on any atom is -0.345 e. The lowest BCUT2D eigenvalue weighted by Gasteiger charge is -2.20. The van der Waals surface area contributed by atoms with Gasteiger partial charge in [-0.15, -0.1) is 0 Å². The van der Waals surface area contributed by atoms with Crippen LogP contribution in [-0.4, -0.2) is 7.05 Å². The van der Waals surface area contributed by atoms with Crippen LogP contribution in [-0.2, 0) is 0 Å². The van der Waals surface area contributed by atoms with Crippen LogP contribution < -0.4 is 4.90 Å². The molecular weight excluding hydrogens is 218 g/mol. The monoisotopic (exact) mass is 247 g/mol. The van der Waals surface area contributed by atoms with Crippen LogP contribution >= 0.6 is 0 Å². The van der Waals surface area contributed by atoms with E-state index in [1.165, 1.54) is 11.4 Å². The molecule has 1 heteroatoms. The van der Waals surface area contributed by atoms with Crippen LogP contribution in [0.2, 0.25) is 0 Å². The molecule has 0 radical (unpaired) electrons. The third-order valence-corrected chi connectivity index (χ3v) is 2.16. The van der Waals surface area contributed by atoms with Gasteiger partial charge in [0, 0.05) is 18.4 Å². The van der Waals surface area contributed by atoms with Gasteiger partial charge in [0.05, 0.1) is 0 Å². The van der Waals surface area contributed by atoms with Crippen molar-refractivity contribution in [2.75, 3.05) is 11.9 Å². The molecule has 0 fully saturated rings. The molecular formula is C17H29N. The van der Waals surface area contributed by atoms with Crippen LogP contribution in [0.25, 0.3) is 0 Å². The Morgan fingerprint density at radius 1 is 0.944 bits per heavy atom. The Bertz CT molecular complexity index is 323. The van der Waals surface area contributed by atoms with E-state index in [-0.39, 0.29) is 0 Å². The molecule has 0 atom stereocenters. The number of benzene rings is 1. The number of hydrogen-bond donors (Lipinski definition) is 0. The fourth-order valence-corrected chi connectivity index (χ4v) is 1.37. The van der Waals surface area contributed by atoms with Crippen molar-refractivity contribution in [2.24, 2.45) is 0 Å². The number of para-hydroxylation sites is 1. The van der Waals surface area contributed by atoms with E-state index >= 15 is 0 Å². The summed E-state index contributed by atoms with van der Waals surface area (Å²) in [5, 5.41) is 0. The molecule has 0 aliphatic rings. The van der Waals surface area contributed by atoms with E-state index < -0.39 is 0 Å². The maximum Gasteiger partial charge on any atom is 0.0407 e. The molecule has 18 heavy (non-hydrogen) atoms. The smallest absolute Gasteiger partial charge is 0.0407 e. The van der Waals surface area contributed by atoms with E-state index in [1.807, 2.05) is 40.7 Å². The quantitative estimate of drug-likeness (QED) is 0.623. The number of rotatable bonds is 3. The molecule has 0 saturated carbocycles. The topological polar surface area (TPSA) is 3.24 Å². The second-order valence-electron chi connectivity index (χ2n) is 3.11. The minimum absolute atomic E-state index is 1.21. The van der Waals surface area contributed by atoms with Gasteiger partial charge >= 0.3 is 0 Å². The van der Waals surface area contributed by atoms with Gasteiger partial charge in [-0.3, -0.25) is 0 Å². The van der Waals surface area contributed by atoms with Crippen LogP contribution in [0.3, 0.4) is 0 Å². The molecule has 0 aromatic heterocycles. The minimum atomic E-state index is 1.21. The molecule has 0 unspecified atom stereocenters. The first-order valence-corrected chi connectivity index (χ1v) is 6.87. The highest BCUT2D eigenvalue weighted by Crippen LogP contribution is 2.16. The Morgan fingerprint density at radius 3 is 1.83 bits per heavy atom. The van der Waals surface area contributed by atoms with Gasteiger partial charge in [0.1, 0.15) is 0 Å². The third-order valence-electron chi connectivity index (χ3n) is 2.16. The first-order chi connectivity index (χ1) is 8.79. The van der Waals surface area contributed by atoms with Crippen molar-refractivity contribution in [3.63, 3.8) is 0 Å². The zero-order valence-corrected chi connectivity index (χ0v) is 13.1. The summed E-state index contributed by atoms with van der Waals surface area (Å²) < 4.78 is 0. The van der Waals surface area contributed by atoms with Gasteiger partial charge in [-0.1, -0.05) is 58.0 Å². The summed E-state index contributed by atoms with van der Waals surface area (Å²) in [4.78, 5) is 2.17. The molecule has 0 saturated heterocycles. The van der Waals surface area contributed by atoms with Crippen molar-refractivity contribution in [2.45, 2.75) is 41.5 Å². The van der Waals surface area contributed by atoms with Gasteiger partial charge in [-0.05, 0) is 32.1 Å². The highest BCUT2D eigenvalue weighted by Gasteiger charge is 2.01. The molecule has 0 spiro atoms. The zero-order valence-electron chi connectivity index (χ0n) is 13.1. The van der Waals surface area contributed by atoms with E-state index in [0.29, 0.717) is 0 Å². The number of nitrogens with zero attached hydrogens (tertiary/aromatic N) is 1. The zero-order chi connectivity index (χ0) is 14.4. The predicted molar refractivity (Wildman–Crippen MR) is 86.1 cm³/mol. The molecule has 1 nitrogen and oxygen atoms in total. The van der Waals surface area contributed by atoms with Crippen molar-refractivity contribution in [1.29, 1.82) is 0 Å². The molecule has 0 N–H and O–H groups in total. The SMILES string of the molecule is C/C=C\C(=C/C)N(C)c1ccccc1.CC.CC. The van der Waals surface area contributed by atoms with Gasteiger partial charge in [0.15, 0.2) is 0 Å². The van der Waals surface area contributed by atoms with Crippen LogP contribution in [0.1, 0.15) is 41.5 Å². The van der Waals surface area contributed by atoms with Crippen molar-refractivity contribution >= 4 is 5.69 Å². The van der Waals surface area contributed by atoms with E-state index in [0.717, 1.165) is 0 Å². The van der Waals surface area contributed by atoms with Crippen LogP contribution in [0, 0.1) is 0 Å². The largest absolute Gasteiger partial charge is 0.345 e.